The summed E-state index contributed by atoms with van der Waals surface area (Å²) in [7, 11) is 0. The van der Waals surface area contributed by atoms with E-state index >= 15 is 0 Å². The maximum atomic E-state index is 3.76. The van der Waals surface area contributed by atoms with Crippen LogP contribution in [0.1, 0.15) is 45.6 Å². The molecule has 0 aliphatic carbocycles. The highest BCUT2D eigenvalue weighted by atomic mass is 79.9. The maximum Gasteiger partial charge on any atom is 0.0513 e. The van der Waals surface area contributed by atoms with Crippen molar-refractivity contribution in [1.82, 2.24) is 5.32 Å². The summed E-state index contributed by atoms with van der Waals surface area (Å²) in [5.74, 6) is 0.701. The van der Waals surface area contributed by atoms with Gasteiger partial charge in [0.15, 0.2) is 0 Å². The molecule has 20 heavy (non-hydrogen) atoms. The summed E-state index contributed by atoms with van der Waals surface area (Å²) < 4.78 is 1.23. The summed E-state index contributed by atoms with van der Waals surface area (Å²) in [4.78, 5) is 2.54. The molecule has 1 aromatic carbocycles. The van der Waals surface area contributed by atoms with Crippen molar-refractivity contribution in [3.05, 3.63) is 28.2 Å². The predicted molar refractivity (Wildman–Crippen MR) is 91.3 cm³/mol. The summed E-state index contributed by atoms with van der Waals surface area (Å²) in [6.07, 6.45) is 3.99. The Bertz CT molecular complexity index is 431. The molecular formula is C17H27BrN2. The fourth-order valence-electron chi connectivity index (χ4n) is 2.85. The molecule has 0 aromatic heterocycles. The van der Waals surface area contributed by atoms with Gasteiger partial charge < -0.3 is 10.2 Å². The molecule has 1 atom stereocenters. The summed E-state index contributed by atoms with van der Waals surface area (Å²) in [5, 5.41) is 3.50. The lowest BCUT2D eigenvalue weighted by Crippen LogP contribution is -2.37. The van der Waals surface area contributed by atoms with Gasteiger partial charge in [-0.2, -0.15) is 0 Å². The number of halogens is 1. The Hall–Kier alpha value is -0.540. The number of hydrogen-bond acceptors (Lipinski definition) is 2. The molecule has 2 rings (SSSR count). The lowest BCUT2D eigenvalue weighted by molar-refractivity contribution is 0.484. The minimum atomic E-state index is 0.657. The van der Waals surface area contributed by atoms with Gasteiger partial charge in [-0.05, 0) is 72.3 Å². The minimum absolute atomic E-state index is 0.657. The van der Waals surface area contributed by atoms with Crippen LogP contribution in [0.5, 0.6) is 0 Å². The normalized spacial score (nSPS) is 19.6. The van der Waals surface area contributed by atoms with Crippen LogP contribution in [0.2, 0.25) is 0 Å². The van der Waals surface area contributed by atoms with Gasteiger partial charge in [0.2, 0.25) is 0 Å². The number of nitrogens with one attached hydrogen (secondary N) is 1. The Balaban J connectivity index is 2.01. The van der Waals surface area contributed by atoms with Crippen molar-refractivity contribution in [1.29, 1.82) is 0 Å². The smallest absolute Gasteiger partial charge is 0.0513 e. The Labute approximate surface area is 132 Å². The highest BCUT2D eigenvalue weighted by Gasteiger charge is 2.20. The largest absolute Gasteiger partial charge is 0.368 e. The van der Waals surface area contributed by atoms with Gasteiger partial charge in [-0.25, -0.2) is 0 Å². The number of anilines is 1. The number of nitrogens with zero attached hydrogens (tertiary/aromatic N) is 1. The first-order valence-corrected chi connectivity index (χ1v) is 8.63. The fraction of sp³-hybridized carbons (Fsp3) is 0.647. The topological polar surface area (TPSA) is 15.3 Å². The van der Waals surface area contributed by atoms with Crippen LogP contribution in [0, 0.1) is 5.92 Å². The quantitative estimate of drug-likeness (QED) is 0.845. The third-order valence-corrected chi connectivity index (χ3v) is 4.64. The van der Waals surface area contributed by atoms with Crippen LogP contribution in [0.4, 0.5) is 5.69 Å². The zero-order valence-corrected chi connectivity index (χ0v) is 14.5. The maximum absolute atomic E-state index is 3.76. The van der Waals surface area contributed by atoms with Crippen LogP contribution in [0.15, 0.2) is 22.7 Å². The Morgan fingerprint density at radius 3 is 2.80 bits per heavy atom. The SMILES string of the molecule is CC(C)CNCc1ccc(N2CCCCC2C)c(Br)c1. The third-order valence-electron chi connectivity index (χ3n) is 4.01. The standard InChI is InChI=1S/C17H27BrN2/c1-13(2)11-19-12-15-7-8-17(16(18)10-15)20-9-5-4-6-14(20)3/h7-8,10,13-14,19H,4-6,9,11-12H2,1-3H3. The van der Waals surface area contributed by atoms with Gasteiger partial charge in [0, 0.05) is 23.6 Å². The number of piperidine rings is 1. The molecule has 1 aliphatic heterocycles. The second-order valence-corrected chi connectivity index (χ2v) is 7.20. The number of rotatable bonds is 5. The number of hydrogen-bond donors (Lipinski definition) is 1. The van der Waals surface area contributed by atoms with Crippen molar-refractivity contribution in [3.8, 4) is 0 Å². The number of benzene rings is 1. The van der Waals surface area contributed by atoms with Gasteiger partial charge >= 0.3 is 0 Å². The van der Waals surface area contributed by atoms with Gasteiger partial charge in [-0.3, -0.25) is 0 Å². The highest BCUT2D eigenvalue weighted by Crippen LogP contribution is 2.32. The summed E-state index contributed by atoms with van der Waals surface area (Å²) >= 11 is 3.76. The Morgan fingerprint density at radius 2 is 2.15 bits per heavy atom. The van der Waals surface area contributed by atoms with E-state index in [1.807, 2.05) is 0 Å². The van der Waals surface area contributed by atoms with Crippen LogP contribution in [0.3, 0.4) is 0 Å². The Morgan fingerprint density at radius 1 is 1.35 bits per heavy atom. The molecule has 1 unspecified atom stereocenters. The van der Waals surface area contributed by atoms with Crippen LogP contribution < -0.4 is 10.2 Å². The molecule has 0 amide bonds. The molecule has 1 aromatic rings. The van der Waals surface area contributed by atoms with E-state index in [4.69, 9.17) is 0 Å². The van der Waals surface area contributed by atoms with Crippen molar-refractivity contribution < 1.29 is 0 Å². The molecule has 3 heteroatoms. The predicted octanol–water partition coefficient (Wildman–Crippen LogP) is 4.57. The summed E-state index contributed by atoms with van der Waals surface area (Å²) in [5.41, 5.74) is 2.70. The molecule has 0 spiro atoms. The first-order valence-electron chi connectivity index (χ1n) is 7.83. The van der Waals surface area contributed by atoms with Gasteiger partial charge in [0.25, 0.3) is 0 Å². The lowest BCUT2D eigenvalue weighted by atomic mass is 10.0. The van der Waals surface area contributed by atoms with Crippen LogP contribution in [-0.4, -0.2) is 19.1 Å². The molecule has 1 fully saturated rings. The first kappa shape index (κ1) is 15.8. The minimum Gasteiger partial charge on any atom is -0.368 e. The van der Waals surface area contributed by atoms with E-state index in [0.717, 1.165) is 13.1 Å². The molecule has 2 nitrogen and oxygen atoms in total. The molecule has 112 valence electrons. The van der Waals surface area contributed by atoms with E-state index in [2.05, 4.69) is 65.1 Å². The van der Waals surface area contributed by atoms with Crippen molar-refractivity contribution >= 4 is 21.6 Å². The summed E-state index contributed by atoms with van der Waals surface area (Å²) in [6, 6.07) is 7.46. The average molecular weight is 339 g/mol. The van der Waals surface area contributed by atoms with E-state index < -0.39 is 0 Å². The van der Waals surface area contributed by atoms with Crippen LogP contribution in [0.25, 0.3) is 0 Å². The van der Waals surface area contributed by atoms with E-state index in [1.165, 1.54) is 41.5 Å². The second-order valence-electron chi connectivity index (χ2n) is 6.35. The van der Waals surface area contributed by atoms with E-state index in [-0.39, 0.29) is 0 Å². The average Bonchev–Trinajstić information content (AvgIpc) is 2.40. The molecule has 0 saturated carbocycles. The van der Waals surface area contributed by atoms with Gasteiger partial charge in [-0.1, -0.05) is 19.9 Å². The van der Waals surface area contributed by atoms with Crippen molar-refractivity contribution in [3.63, 3.8) is 0 Å². The zero-order chi connectivity index (χ0) is 14.5. The molecule has 1 heterocycles. The first-order chi connectivity index (χ1) is 9.58. The fourth-order valence-corrected chi connectivity index (χ4v) is 3.51. The molecule has 0 radical (unpaired) electrons. The van der Waals surface area contributed by atoms with Crippen molar-refractivity contribution in [2.24, 2.45) is 5.92 Å². The summed E-state index contributed by atoms with van der Waals surface area (Å²) in [6.45, 7) is 10.0. The molecular weight excluding hydrogens is 312 g/mol. The molecule has 0 bridgehead atoms. The van der Waals surface area contributed by atoms with Gasteiger partial charge in [0.05, 0.1) is 5.69 Å². The molecule has 1 saturated heterocycles. The van der Waals surface area contributed by atoms with Gasteiger partial charge in [-0.15, -0.1) is 0 Å². The van der Waals surface area contributed by atoms with Crippen LogP contribution >= 0.6 is 15.9 Å². The van der Waals surface area contributed by atoms with Crippen LogP contribution in [-0.2, 0) is 6.54 Å². The lowest BCUT2D eigenvalue weighted by Gasteiger charge is -2.36. The molecule has 1 N–H and O–H groups in total. The van der Waals surface area contributed by atoms with Gasteiger partial charge in [0.1, 0.15) is 0 Å². The Kier molecular flexibility index (Phi) is 5.91. The monoisotopic (exact) mass is 338 g/mol. The third kappa shape index (κ3) is 4.23. The highest BCUT2D eigenvalue weighted by molar-refractivity contribution is 9.10. The van der Waals surface area contributed by atoms with E-state index in [9.17, 15) is 0 Å². The molecule has 1 aliphatic rings. The zero-order valence-electron chi connectivity index (χ0n) is 13.0. The second kappa shape index (κ2) is 7.46. The van der Waals surface area contributed by atoms with Crippen molar-refractivity contribution in [2.75, 3.05) is 18.0 Å². The van der Waals surface area contributed by atoms with E-state index in [0.29, 0.717) is 12.0 Å². The van der Waals surface area contributed by atoms with Crippen molar-refractivity contribution in [2.45, 2.75) is 52.6 Å². The van der Waals surface area contributed by atoms with E-state index in [1.54, 1.807) is 0 Å².